The molecule has 3 rings (SSSR count). The monoisotopic (exact) mass is 423 g/mol. The van der Waals surface area contributed by atoms with Gasteiger partial charge in [0, 0.05) is 32.3 Å². The van der Waals surface area contributed by atoms with Gasteiger partial charge in [-0.15, -0.1) is 0 Å². The fourth-order valence-corrected chi connectivity index (χ4v) is 5.58. The van der Waals surface area contributed by atoms with Crippen LogP contribution in [0.1, 0.15) is 38.5 Å². The second kappa shape index (κ2) is 10.2. The Labute approximate surface area is 172 Å². The Hall–Kier alpha value is -1.97. The molecule has 160 valence electrons. The molecule has 0 bridgehead atoms. The molecule has 1 aromatic rings. The lowest BCUT2D eigenvalue weighted by atomic mass is 10.0. The third-order valence-corrected chi connectivity index (χ3v) is 7.37. The van der Waals surface area contributed by atoms with Crippen molar-refractivity contribution in [3.8, 4) is 0 Å². The molecule has 9 heteroatoms. The Kier molecular flexibility index (Phi) is 7.63. The van der Waals surface area contributed by atoms with E-state index in [9.17, 15) is 18.0 Å². The molecule has 2 fully saturated rings. The van der Waals surface area contributed by atoms with E-state index in [0.717, 1.165) is 32.1 Å². The lowest BCUT2D eigenvalue weighted by Gasteiger charge is -2.34. The molecule has 29 heavy (non-hydrogen) atoms. The first kappa shape index (κ1) is 21.7. The Morgan fingerprint density at radius 2 is 1.79 bits per heavy atom. The van der Waals surface area contributed by atoms with Gasteiger partial charge in [0.15, 0.2) is 0 Å². The van der Waals surface area contributed by atoms with E-state index in [1.165, 1.54) is 4.31 Å². The molecule has 0 spiro atoms. The van der Waals surface area contributed by atoms with Crippen LogP contribution in [0.4, 0.5) is 0 Å². The van der Waals surface area contributed by atoms with E-state index >= 15 is 0 Å². The maximum absolute atomic E-state index is 13.0. The molecule has 2 aliphatic rings. The van der Waals surface area contributed by atoms with Crippen LogP contribution in [0.2, 0.25) is 0 Å². The molecule has 2 aliphatic heterocycles. The average molecular weight is 424 g/mol. The third kappa shape index (κ3) is 5.77. The van der Waals surface area contributed by atoms with Gasteiger partial charge in [-0.05, 0) is 44.2 Å². The summed E-state index contributed by atoms with van der Waals surface area (Å²) in [6, 6.07) is 8.21. The number of sulfonamides is 1. The van der Waals surface area contributed by atoms with Crippen LogP contribution in [0.5, 0.6) is 0 Å². The number of ether oxygens (including phenoxy) is 1. The molecule has 2 N–H and O–H groups in total. The van der Waals surface area contributed by atoms with Crippen molar-refractivity contribution in [2.75, 3.05) is 26.2 Å². The van der Waals surface area contributed by atoms with Gasteiger partial charge < -0.3 is 15.4 Å². The van der Waals surface area contributed by atoms with Crippen molar-refractivity contribution in [2.24, 2.45) is 0 Å². The highest BCUT2D eigenvalue weighted by Crippen LogP contribution is 2.26. The number of rotatable bonds is 7. The van der Waals surface area contributed by atoms with Gasteiger partial charge in [0.1, 0.15) is 0 Å². The molecule has 0 aliphatic carbocycles. The summed E-state index contributed by atoms with van der Waals surface area (Å²) in [7, 11) is -3.57. The quantitative estimate of drug-likeness (QED) is 0.638. The SMILES string of the molecule is O=C(NCC[C@@H]1CCCCN1S(=O)(=O)c1ccccc1)C(=O)NC[C@H]1CCCO1. The van der Waals surface area contributed by atoms with Crippen LogP contribution < -0.4 is 10.6 Å². The lowest BCUT2D eigenvalue weighted by molar-refractivity contribution is -0.139. The summed E-state index contributed by atoms with van der Waals surface area (Å²) >= 11 is 0. The summed E-state index contributed by atoms with van der Waals surface area (Å²) in [6.45, 7) is 1.74. The predicted octanol–water partition coefficient (Wildman–Crippen LogP) is 1.03. The van der Waals surface area contributed by atoms with Crippen molar-refractivity contribution < 1.29 is 22.7 Å². The van der Waals surface area contributed by atoms with E-state index in [1.54, 1.807) is 30.3 Å². The minimum atomic E-state index is -3.57. The zero-order chi connectivity index (χ0) is 20.7. The Morgan fingerprint density at radius 1 is 1.03 bits per heavy atom. The van der Waals surface area contributed by atoms with E-state index < -0.39 is 21.8 Å². The lowest BCUT2D eigenvalue weighted by Crippen LogP contribution is -2.46. The van der Waals surface area contributed by atoms with E-state index in [1.807, 2.05) is 0 Å². The van der Waals surface area contributed by atoms with Gasteiger partial charge in [0.2, 0.25) is 10.0 Å². The molecule has 0 unspecified atom stereocenters. The summed E-state index contributed by atoms with van der Waals surface area (Å²) in [5.74, 6) is -1.38. The van der Waals surface area contributed by atoms with Crippen molar-refractivity contribution in [1.29, 1.82) is 0 Å². The first-order valence-electron chi connectivity index (χ1n) is 10.2. The second-order valence-corrected chi connectivity index (χ2v) is 9.36. The van der Waals surface area contributed by atoms with E-state index in [4.69, 9.17) is 4.74 Å². The molecule has 0 aromatic heterocycles. The Morgan fingerprint density at radius 3 is 2.52 bits per heavy atom. The van der Waals surface area contributed by atoms with E-state index in [0.29, 0.717) is 26.1 Å². The summed E-state index contributed by atoms with van der Waals surface area (Å²) in [6.07, 6.45) is 4.81. The number of carbonyl (C=O) groups is 2. The van der Waals surface area contributed by atoms with Crippen molar-refractivity contribution in [1.82, 2.24) is 14.9 Å². The van der Waals surface area contributed by atoms with Crippen LogP contribution in [0.3, 0.4) is 0 Å². The molecule has 2 saturated heterocycles. The first-order valence-corrected chi connectivity index (χ1v) is 11.7. The number of nitrogens with one attached hydrogen (secondary N) is 2. The van der Waals surface area contributed by atoms with Gasteiger partial charge >= 0.3 is 11.8 Å². The molecule has 2 atom stereocenters. The molecule has 2 amide bonds. The van der Waals surface area contributed by atoms with Crippen LogP contribution >= 0.6 is 0 Å². The van der Waals surface area contributed by atoms with E-state index in [2.05, 4.69) is 10.6 Å². The highest BCUT2D eigenvalue weighted by atomic mass is 32.2. The standard InChI is InChI=1S/C20H29N3O5S/c24-19(20(25)22-15-17-8-6-14-28-17)21-12-11-16-7-4-5-13-23(16)29(26,27)18-9-2-1-3-10-18/h1-3,9-10,16-17H,4-8,11-15H2,(H,21,24)(H,22,25)/t16-,17+/m0/s1. The van der Waals surface area contributed by atoms with Crippen molar-refractivity contribution in [3.05, 3.63) is 30.3 Å². The van der Waals surface area contributed by atoms with E-state index in [-0.39, 0.29) is 23.6 Å². The molecular weight excluding hydrogens is 394 g/mol. The summed E-state index contributed by atoms with van der Waals surface area (Å²) in [5, 5.41) is 5.19. The maximum atomic E-state index is 13.0. The van der Waals surface area contributed by atoms with Crippen LogP contribution in [0.15, 0.2) is 35.2 Å². The normalized spacial score (nSPS) is 22.9. The number of hydrogen-bond donors (Lipinski definition) is 2. The van der Waals surface area contributed by atoms with Gasteiger partial charge in [0.25, 0.3) is 0 Å². The van der Waals surface area contributed by atoms with Gasteiger partial charge in [-0.1, -0.05) is 24.6 Å². The number of carbonyl (C=O) groups excluding carboxylic acids is 2. The number of benzene rings is 1. The zero-order valence-corrected chi connectivity index (χ0v) is 17.3. The van der Waals surface area contributed by atoms with Gasteiger partial charge in [0.05, 0.1) is 11.0 Å². The number of amides is 2. The number of piperidine rings is 1. The topological polar surface area (TPSA) is 105 Å². The summed E-state index contributed by atoms with van der Waals surface area (Å²) in [5.41, 5.74) is 0. The Bertz CT molecular complexity index is 794. The summed E-state index contributed by atoms with van der Waals surface area (Å²) in [4.78, 5) is 24.2. The minimum Gasteiger partial charge on any atom is -0.376 e. The largest absolute Gasteiger partial charge is 0.376 e. The highest BCUT2D eigenvalue weighted by molar-refractivity contribution is 7.89. The fourth-order valence-electron chi connectivity index (χ4n) is 3.83. The molecule has 1 aromatic carbocycles. The Balaban J connectivity index is 1.49. The number of nitrogens with zero attached hydrogens (tertiary/aromatic N) is 1. The zero-order valence-electron chi connectivity index (χ0n) is 16.5. The molecule has 2 heterocycles. The molecular formula is C20H29N3O5S. The summed E-state index contributed by atoms with van der Waals surface area (Å²) < 4.78 is 32.9. The third-order valence-electron chi connectivity index (χ3n) is 5.41. The molecule has 8 nitrogen and oxygen atoms in total. The highest BCUT2D eigenvalue weighted by Gasteiger charge is 2.33. The van der Waals surface area contributed by atoms with Crippen LogP contribution in [-0.2, 0) is 24.3 Å². The first-order chi connectivity index (χ1) is 14.0. The van der Waals surface area contributed by atoms with Crippen LogP contribution in [0.25, 0.3) is 0 Å². The maximum Gasteiger partial charge on any atom is 0.309 e. The molecule has 0 saturated carbocycles. The predicted molar refractivity (Wildman–Crippen MR) is 108 cm³/mol. The average Bonchev–Trinajstić information content (AvgIpc) is 3.26. The second-order valence-electron chi connectivity index (χ2n) is 7.47. The number of hydrogen-bond acceptors (Lipinski definition) is 5. The van der Waals surface area contributed by atoms with Crippen molar-refractivity contribution in [2.45, 2.75) is 55.6 Å². The molecule has 0 radical (unpaired) electrons. The van der Waals surface area contributed by atoms with Gasteiger partial charge in [-0.3, -0.25) is 9.59 Å². The van der Waals surface area contributed by atoms with Gasteiger partial charge in [-0.25, -0.2) is 8.42 Å². The van der Waals surface area contributed by atoms with Gasteiger partial charge in [-0.2, -0.15) is 4.31 Å². The fraction of sp³-hybridized carbons (Fsp3) is 0.600. The van der Waals surface area contributed by atoms with Crippen LogP contribution in [0, 0.1) is 0 Å². The van der Waals surface area contributed by atoms with Crippen molar-refractivity contribution >= 4 is 21.8 Å². The van der Waals surface area contributed by atoms with Crippen LogP contribution in [-0.4, -0.2) is 62.9 Å². The smallest absolute Gasteiger partial charge is 0.309 e. The minimum absolute atomic E-state index is 0.0225. The van der Waals surface area contributed by atoms with Crippen molar-refractivity contribution in [3.63, 3.8) is 0 Å².